The molecule has 2 aromatic carbocycles. The van der Waals surface area contributed by atoms with E-state index < -0.39 is 40.7 Å². The molecular formula is C21H13Cl2F6N5. The van der Waals surface area contributed by atoms with Gasteiger partial charge in [0, 0.05) is 0 Å². The molecule has 2 N–H and O–H groups in total. The number of hydrogen-bond donors (Lipinski definition) is 1. The average molecular weight is 520 g/mol. The fourth-order valence-electron chi connectivity index (χ4n) is 3.59. The van der Waals surface area contributed by atoms with Gasteiger partial charge in [-0.25, -0.2) is 14.6 Å². The fraction of sp³-hybridized carbons (Fsp3) is 0.190. The number of aryl methyl sites for hydroxylation is 2. The van der Waals surface area contributed by atoms with E-state index in [1.807, 2.05) is 32.0 Å². The molecule has 0 radical (unpaired) electrons. The van der Waals surface area contributed by atoms with Crippen LogP contribution < -0.4 is 5.73 Å². The van der Waals surface area contributed by atoms with Gasteiger partial charge in [0.05, 0.1) is 15.4 Å². The highest BCUT2D eigenvalue weighted by Gasteiger charge is 2.43. The van der Waals surface area contributed by atoms with E-state index in [0.717, 1.165) is 21.4 Å². The van der Waals surface area contributed by atoms with Crippen molar-refractivity contribution < 1.29 is 26.3 Å². The third-order valence-corrected chi connectivity index (χ3v) is 5.45. The monoisotopic (exact) mass is 519 g/mol. The van der Waals surface area contributed by atoms with Gasteiger partial charge in [0.25, 0.3) is 0 Å². The van der Waals surface area contributed by atoms with Crippen LogP contribution in [0.1, 0.15) is 22.6 Å². The van der Waals surface area contributed by atoms with E-state index in [9.17, 15) is 26.3 Å². The second kappa shape index (κ2) is 8.02. The maximum absolute atomic E-state index is 13.5. The molecule has 4 aromatic rings. The van der Waals surface area contributed by atoms with Gasteiger partial charge in [-0.3, -0.25) is 0 Å². The lowest BCUT2D eigenvalue weighted by atomic mass is 10.0. The number of nitrogens with two attached hydrogens (primary N) is 1. The van der Waals surface area contributed by atoms with Gasteiger partial charge >= 0.3 is 12.4 Å². The summed E-state index contributed by atoms with van der Waals surface area (Å²) in [7, 11) is 0. The van der Waals surface area contributed by atoms with Crippen molar-refractivity contribution in [2.75, 3.05) is 5.73 Å². The van der Waals surface area contributed by atoms with E-state index in [0.29, 0.717) is 5.56 Å². The maximum atomic E-state index is 13.5. The molecule has 4 rings (SSSR count). The van der Waals surface area contributed by atoms with Gasteiger partial charge < -0.3 is 5.73 Å². The number of benzene rings is 2. The molecule has 0 saturated carbocycles. The van der Waals surface area contributed by atoms with Crippen molar-refractivity contribution in [3.63, 3.8) is 0 Å². The molecule has 0 aliphatic carbocycles. The Hall–Kier alpha value is -3.05. The van der Waals surface area contributed by atoms with Crippen LogP contribution in [0.2, 0.25) is 10.0 Å². The second-order valence-corrected chi connectivity index (χ2v) is 8.37. The lowest BCUT2D eigenvalue weighted by Gasteiger charge is -2.13. The summed E-state index contributed by atoms with van der Waals surface area (Å²) in [6.45, 7) is 3.80. The molecule has 13 heteroatoms. The molecule has 2 aromatic heterocycles. The number of rotatable bonds is 2. The SMILES string of the molecule is Cc1cc(C)cc(-c2cc(Cl)c(-n3nc4nc(C(F)(F)F)nc(C(F)(F)F)c4c3N)c(Cl)c2)c1. The standard InChI is InChI=1S/C21H13Cl2F6N5/c1-8-3-9(2)5-10(4-8)11-6-12(22)15(13(23)7-11)34-17(30)14-16(20(24,25)26)31-19(21(27,28)29)32-18(14)33-34/h3-7H,30H2,1-2H3. The maximum Gasteiger partial charge on any atom is 0.451 e. The Morgan fingerprint density at radius 2 is 1.32 bits per heavy atom. The van der Waals surface area contributed by atoms with Crippen molar-refractivity contribution in [1.82, 2.24) is 19.7 Å². The zero-order valence-electron chi connectivity index (χ0n) is 17.3. The van der Waals surface area contributed by atoms with Crippen LogP contribution >= 0.6 is 23.2 Å². The summed E-state index contributed by atoms with van der Waals surface area (Å²) in [5.74, 6) is -2.67. The molecule has 0 aliphatic heterocycles. The van der Waals surface area contributed by atoms with E-state index in [2.05, 4.69) is 15.1 Å². The summed E-state index contributed by atoms with van der Waals surface area (Å²) in [5.41, 5.74) is 6.34. The molecule has 0 aliphatic rings. The zero-order chi connectivity index (χ0) is 25.2. The zero-order valence-corrected chi connectivity index (χ0v) is 18.8. The summed E-state index contributed by atoms with van der Waals surface area (Å²) in [6.07, 6.45) is -10.5. The minimum absolute atomic E-state index is 0.0428. The topological polar surface area (TPSA) is 69.6 Å². The van der Waals surface area contributed by atoms with Crippen LogP contribution in [-0.4, -0.2) is 19.7 Å². The lowest BCUT2D eigenvalue weighted by Crippen LogP contribution is -2.17. The fourth-order valence-corrected chi connectivity index (χ4v) is 4.24. The average Bonchev–Trinajstić information content (AvgIpc) is 3.01. The van der Waals surface area contributed by atoms with E-state index in [-0.39, 0.29) is 15.7 Å². The van der Waals surface area contributed by atoms with Crippen molar-refractivity contribution in [3.8, 4) is 16.8 Å². The first-order valence-electron chi connectivity index (χ1n) is 9.45. The highest BCUT2D eigenvalue weighted by molar-refractivity contribution is 6.38. The van der Waals surface area contributed by atoms with E-state index in [4.69, 9.17) is 28.9 Å². The van der Waals surface area contributed by atoms with Crippen molar-refractivity contribution in [2.24, 2.45) is 0 Å². The molecule has 0 saturated heterocycles. The quantitative estimate of drug-likeness (QED) is 0.289. The first-order valence-corrected chi connectivity index (χ1v) is 10.2. The Kier molecular flexibility index (Phi) is 5.68. The molecule has 5 nitrogen and oxygen atoms in total. The highest BCUT2D eigenvalue weighted by Crippen LogP contribution is 2.41. The molecule has 0 bridgehead atoms. The number of nitrogen functional groups attached to an aromatic ring is 1. The second-order valence-electron chi connectivity index (χ2n) is 7.55. The van der Waals surface area contributed by atoms with Crippen LogP contribution in [0.15, 0.2) is 30.3 Å². The highest BCUT2D eigenvalue weighted by atomic mass is 35.5. The molecule has 0 amide bonds. The predicted octanol–water partition coefficient (Wildman–Crippen LogP) is 7.03. The Morgan fingerprint density at radius 3 is 1.82 bits per heavy atom. The van der Waals surface area contributed by atoms with Crippen molar-refractivity contribution in [2.45, 2.75) is 26.2 Å². The minimum Gasteiger partial charge on any atom is -0.383 e. The predicted molar refractivity (Wildman–Crippen MR) is 116 cm³/mol. The van der Waals surface area contributed by atoms with Gasteiger partial charge in [0.15, 0.2) is 11.3 Å². The molecule has 34 heavy (non-hydrogen) atoms. The number of nitrogens with zero attached hydrogens (tertiary/aromatic N) is 4. The Morgan fingerprint density at radius 1 is 0.794 bits per heavy atom. The molecule has 178 valence electrons. The Labute approximate surface area is 198 Å². The van der Waals surface area contributed by atoms with Gasteiger partial charge in [0.1, 0.15) is 11.5 Å². The first kappa shape index (κ1) is 24.1. The Balaban J connectivity index is 1.96. The smallest absolute Gasteiger partial charge is 0.383 e. The van der Waals surface area contributed by atoms with Crippen molar-refractivity contribution >= 4 is 40.1 Å². The number of aromatic nitrogens is 4. The van der Waals surface area contributed by atoms with Crippen LogP contribution in [0.3, 0.4) is 0 Å². The third kappa shape index (κ3) is 4.25. The van der Waals surface area contributed by atoms with Crippen LogP contribution in [0.5, 0.6) is 0 Å². The molecule has 0 fully saturated rings. The Bertz CT molecular complexity index is 1400. The van der Waals surface area contributed by atoms with Gasteiger partial charge in [-0.1, -0.05) is 52.5 Å². The van der Waals surface area contributed by atoms with Gasteiger partial charge in [0.2, 0.25) is 5.82 Å². The summed E-state index contributed by atoms with van der Waals surface area (Å²) in [6, 6.07) is 8.73. The van der Waals surface area contributed by atoms with Crippen molar-refractivity contribution in [1.29, 1.82) is 0 Å². The molecule has 2 heterocycles. The van der Waals surface area contributed by atoms with Gasteiger partial charge in [-0.2, -0.15) is 26.3 Å². The number of anilines is 1. The first-order chi connectivity index (χ1) is 15.7. The van der Waals surface area contributed by atoms with E-state index in [1.165, 1.54) is 12.1 Å². The molecular weight excluding hydrogens is 507 g/mol. The minimum atomic E-state index is -5.26. The van der Waals surface area contributed by atoms with Crippen LogP contribution in [0.25, 0.3) is 27.8 Å². The summed E-state index contributed by atoms with van der Waals surface area (Å²) >= 11 is 12.8. The normalized spacial score (nSPS) is 12.5. The number of alkyl halides is 6. The summed E-state index contributed by atoms with van der Waals surface area (Å²) in [4.78, 5) is 5.80. The van der Waals surface area contributed by atoms with E-state index in [1.54, 1.807) is 0 Å². The molecule has 0 atom stereocenters. The summed E-state index contributed by atoms with van der Waals surface area (Å²) in [5, 5.41) is 2.77. The van der Waals surface area contributed by atoms with Crippen LogP contribution in [-0.2, 0) is 12.4 Å². The third-order valence-electron chi connectivity index (χ3n) is 4.87. The van der Waals surface area contributed by atoms with E-state index >= 15 is 0 Å². The van der Waals surface area contributed by atoms with Gasteiger partial charge in [-0.05, 0) is 37.1 Å². The number of halogens is 8. The molecule has 0 spiro atoms. The molecule has 0 unspecified atom stereocenters. The van der Waals surface area contributed by atoms with Crippen molar-refractivity contribution in [3.05, 3.63) is 63.0 Å². The van der Waals surface area contributed by atoms with Crippen LogP contribution in [0.4, 0.5) is 32.2 Å². The van der Waals surface area contributed by atoms with Gasteiger partial charge in [-0.15, -0.1) is 5.10 Å². The lowest BCUT2D eigenvalue weighted by molar-refractivity contribution is -0.151. The number of fused-ring (bicyclic) bond motifs is 1. The largest absolute Gasteiger partial charge is 0.451 e. The summed E-state index contributed by atoms with van der Waals surface area (Å²) < 4.78 is 80.7. The number of hydrogen-bond acceptors (Lipinski definition) is 4. The van der Waals surface area contributed by atoms with Crippen LogP contribution in [0, 0.1) is 13.8 Å².